The quantitative estimate of drug-likeness (QED) is 0.826. The normalized spacial score (nSPS) is 17.4. The molecular formula is C20H26ClFN2O2. The van der Waals surface area contributed by atoms with Crippen LogP contribution < -0.4 is 14.8 Å². The summed E-state index contributed by atoms with van der Waals surface area (Å²) in [7, 11) is 1.65. The first kappa shape index (κ1) is 20.5. The summed E-state index contributed by atoms with van der Waals surface area (Å²) >= 11 is 0. The first-order valence-electron chi connectivity index (χ1n) is 8.71. The first-order chi connectivity index (χ1) is 12.2. The number of rotatable bonds is 6. The fraction of sp³-hybridized carbons (Fsp3) is 0.400. The van der Waals surface area contributed by atoms with Crippen molar-refractivity contribution in [2.75, 3.05) is 33.4 Å². The Hall–Kier alpha value is -1.82. The summed E-state index contributed by atoms with van der Waals surface area (Å²) in [4.78, 5) is 2.38. The Balaban J connectivity index is 0.00000243. The zero-order valence-corrected chi connectivity index (χ0v) is 16.0. The molecule has 3 rings (SSSR count). The van der Waals surface area contributed by atoms with Gasteiger partial charge in [0.2, 0.25) is 0 Å². The van der Waals surface area contributed by atoms with Gasteiger partial charge in [0, 0.05) is 32.2 Å². The lowest BCUT2D eigenvalue weighted by Gasteiger charge is -2.36. The number of nitrogens with zero attached hydrogens (tertiary/aromatic N) is 1. The summed E-state index contributed by atoms with van der Waals surface area (Å²) in [6, 6.07) is 13.1. The lowest BCUT2D eigenvalue weighted by atomic mass is 10.0. The number of ether oxygens (including phenoxy) is 2. The van der Waals surface area contributed by atoms with Crippen LogP contribution in [0.1, 0.15) is 24.1 Å². The Morgan fingerprint density at radius 2 is 2.04 bits per heavy atom. The van der Waals surface area contributed by atoms with Crippen molar-refractivity contribution in [2.45, 2.75) is 19.5 Å². The summed E-state index contributed by atoms with van der Waals surface area (Å²) in [5.41, 5.74) is 2.16. The van der Waals surface area contributed by atoms with Gasteiger partial charge in [-0.1, -0.05) is 18.2 Å². The van der Waals surface area contributed by atoms with Crippen LogP contribution in [-0.4, -0.2) is 38.3 Å². The van der Waals surface area contributed by atoms with E-state index in [2.05, 4.69) is 16.3 Å². The van der Waals surface area contributed by atoms with Gasteiger partial charge in [0.1, 0.15) is 5.82 Å². The molecule has 2 aromatic rings. The maximum Gasteiger partial charge on any atom is 0.161 e. The third-order valence-corrected chi connectivity index (χ3v) is 4.50. The van der Waals surface area contributed by atoms with Gasteiger partial charge in [-0.25, -0.2) is 4.39 Å². The van der Waals surface area contributed by atoms with E-state index >= 15 is 0 Å². The molecule has 1 aliphatic rings. The van der Waals surface area contributed by atoms with E-state index in [1.807, 2.05) is 25.1 Å². The molecule has 142 valence electrons. The molecule has 1 fully saturated rings. The van der Waals surface area contributed by atoms with Crippen LogP contribution in [0.25, 0.3) is 0 Å². The number of methoxy groups -OCH3 is 1. The molecule has 26 heavy (non-hydrogen) atoms. The number of nitrogens with one attached hydrogen (secondary N) is 1. The second-order valence-corrected chi connectivity index (χ2v) is 6.16. The zero-order chi connectivity index (χ0) is 17.6. The molecule has 0 amide bonds. The molecule has 1 N–H and O–H groups in total. The predicted molar refractivity (Wildman–Crippen MR) is 104 cm³/mol. The van der Waals surface area contributed by atoms with Crippen LogP contribution >= 0.6 is 12.4 Å². The Bertz CT molecular complexity index is 714. The van der Waals surface area contributed by atoms with Gasteiger partial charge in [0.25, 0.3) is 0 Å². The van der Waals surface area contributed by atoms with Crippen LogP contribution in [-0.2, 0) is 6.54 Å². The van der Waals surface area contributed by atoms with E-state index in [4.69, 9.17) is 9.47 Å². The first-order valence-corrected chi connectivity index (χ1v) is 8.71. The molecule has 1 atom stereocenters. The standard InChI is InChI=1S/C20H25FN2O2.ClH/c1-3-25-19-8-7-15(11-20(19)24-2)14-23-10-9-22-13-18(23)16-5-4-6-17(21)12-16;/h4-8,11-12,18,22H,3,9-10,13-14H2,1-2H3;1H. The van der Waals surface area contributed by atoms with Crippen molar-refractivity contribution in [3.8, 4) is 11.5 Å². The van der Waals surface area contributed by atoms with Gasteiger partial charge in [0.05, 0.1) is 13.7 Å². The summed E-state index contributed by atoms with van der Waals surface area (Å²) in [5, 5.41) is 3.41. The molecule has 1 heterocycles. The number of halogens is 2. The van der Waals surface area contributed by atoms with Crippen LogP contribution in [0.15, 0.2) is 42.5 Å². The fourth-order valence-electron chi connectivity index (χ4n) is 3.30. The highest BCUT2D eigenvalue weighted by Crippen LogP contribution is 2.30. The largest absolute Gasteiger partial charge is 0.493 e. The number of piperazine rings is 1. The molecule has 6 heteroatoms. The Labute approximate surface area is 160 Å². The fourth-order valence-corrected chi connectivity index (χ4v) is 3.30. The Morgan fingerprint density at radius 3 is 2.77 bits per heavy atom. The van der Waals surface area contributed by atoms with Crippen LogP contribution in [0.5, 0.6) is 11.5 Å². The van der Waals surface area contributed by atoms with E-state index in [0.717, 1.165) is 48.8 Å². The molecule has 0 aliphatic carbocycles. The molecule has 4 nitrogen and oxygen atoms in total. The van der Waals surface area contributed by atoms with Gasteiger partial charge < -0.3 is 14.8 Å². The molecule has 0 aromatic heterocycles. The molecular weight excluding hydrogens is 355 g/mol. The van der Waals surface area contributed by atoms with E-state index in [1.165, 1.54) is 6.07 Å². The van der Waals surface area contributed by atoms with Crippen LogP contribution in [0.3, 0.4) is 0 Å². The van der Waals surface area contributed by atoms with Crippen molar-refractivity contribution in [3.63, 3.8) is 0 Å². The maximum absolute atomic E-state index is 13.6. The second kappa shape index (κ2) is 9.76. The topological polar surface area (TPSA) is 33.7 Å². The third-order valence-electron chi connectivity index (χ3n) is 4.50. The van der Waals surface area contributed by atoms with E-state index in [0.29, 0.717) is 6.61 Å². The summed E-state index contributed by atoms with van der Waals surface area (Å²) < 4.78 is 24.7. The lowest BCUT2D eigenvalue weighted by molar-refractivity contribution is 0.153. The molecule has 1 aliphatic heterocycles. The molecule has 1 saturated heterocycles. The van der Waals surface area contributed by atoms with E-state index < -0.39 is 0 Å². The van der Waals surface area contributed by atoms with Gasteiger partial charge in [-0.05, 0) is 42.3 Å². The van der Waals surface area contributed by atoms with E-state index in [9.17, 15) is 4.39 Å². The van der Waals surface area contributed by atoms with E-state index in [1.54, 1.807) is 19.2 Å². The van der Waals surface area contributed by atoms with Crippen LogP contribution in [0.4, 0.5) is 4.39 Å². The monoisotopic (exact) mass is 380 g/mol. The molecule has 2 aromatic carbocycles. The average molecular weight is 381 g/mol. The van der Waals surface area contributed by atoms with E-state index in [-0.39, 0.29) is 24.3 Å². The highest BCUT2D eigenvalue weighted by molar-refractivity contribution is 5.85. The molecule has 0 spiro atoms. The van der Waals surface area contributed by atoms with Gasteiger partial charge in [-0.3, -0.25) is 4.90 Å². The predicted octanol–water partition coefficient (Wildman–Crippen LogP) is 3.80. The highest BCUT2D eigenvalue weighted by Gasteiger charge is 2.24. The number of hydrogen-bond donors (Lipinski definition) is 1. The van der Waals surface area contributed by atoms with Gasteiger partial charge in [-0.15, -0.1) is 12.4 Å². The Kier molecular flexibility index (Phi) is 7.69. The minimum atomic E-state index is -0.189. The molecule has 0 saturated carbocycles. The lowest BCUT2D eigenvalue weighted by Crippen LogP contribution is -2.45. The SMILES string of the molecule is CCOc1ccc(CN2CCNCC2c2cccc(F)c2)cc1OC.Cl. The average Bonchev–Trinajstić information content (AvgIpc) is 2.63. The van der Waals surface area contributed by atoms with Crippen molar-refractivity contribution in [2.24, 2.45) is 0 Å². The summed E-state index contributed by atoms with van der Waals surface area (Å²) in [6.07, 6.45) is 0. The van der Waals surface area contributed by atoms with Crippen LogP contribution in [0, 0.1) is 5.82 Å². The van der Waals surface area contributed by atoms with Gasteiger partial charge in [0.15, 0.2) is 11.5 Å². The van der Waals surface area contributed by atoms with Crippen molar-refractivity contribution < 1.29 is 13.9 Å². The van der Waals surface area contributed by atoms with Crippen LogP contribution in [0.2, 0.25) is 0 Å². The maximum atomic E-state index is 13.6. The smallest absolute Gasteiger partial charge is 0.161 e. The molecule has 0 radical (unpaired) electrons. The van der Waals surface area contributed by atoms with Crippen molar-refractivity contribution in [1.29, 1.82) is 0 Å². The van der Waals surface area contributed by atoms with Gasteiger partial charge in [-0.2, -0.15) is 0 Å². The third kappa shape index (κ3) is 4.87. The number of hydrogen-bond acceptors (Lipinski definition) is 4. The van der Waals surface area contributed by atoms with Crippen molar-refractivity contribution in [1.82, 2.24) is 10.2 Å². The summed E-state index contributed by atoms with van der Waals surface area (Å²) in [6.45, 7) is 6.01. The summed E-state index contributed by atoms with van der Waals surface area (Å²) in [5.74, 6) is 1.32. The Morgan fingerprint density at radius 1 is 1.19 bits per heavy atom. The van der Waals surface area contributed by atoms with Crippen molar-refractivity contribution in [3.05, 3.63) is 59.4 Å². The molecule has 0 bridgehead atoms. The highest BCUT2D eigenvalue weighted by atomic mass is 35.5. The van der Waals surface area contributed by atoms with Gasteiger partial charge >= 0.3 is 0 Å². The molecule has 1 unspecified atom stereocenters. The zero-order valence-electron chi connectivity index (χ0n) is 15.2. The number of benzene rings is 2. The minimum absolute atomic E-state index is 0. The second-order valence-electron chi connectivity index (χ2n) is 6.16. The van der Waals surface area contributed by atoms with Crippen molar-refractivity contribution >= 4 is 12.4 Å². The minimum Gasteiger partial charge on any atom is -0.493 e.